The standard InChI is InChI=1S/C13H22N4/c1-3-4-10-15-13(17(2)16-10)11-8-5-6-9(7-8)12(11)14/h8-9,11-12H,3-7,14H2,1-2H3. The van der Waals surface area contributed by atoms with E-state index in [0.717, 1.165) is 36.3 Å². The fourth-order valence-electron chi connectivity index (χ4n) is 3.79. The quantitative estimate of drug-likeness (QED) is 0.864. The lowest BCUT2D eigenvalue weighted by Gasteiger charge is -2.26. The zero-order chi connectivity index (χ0) is 12.0. The van der Waals surface area contributed by atoms with Gasteiger partial charge in [0.25, 0.3) is 0 Å². The van der Waals surface area contributed by atoms with Crippen LogP contribution in [0.3, 0.4) is 0 Å². The molecule has 1 heterocycles. The highest BCUT2D eigenvalue weighted by Gasteiger charge is 2.48. The van der Waals surface area contributed by atoms with Crippen LogP contribution in [0, 0.1) is 11.8 Å². The van der Waals surface area contributed by atoms with Gasteiger partial charge in [-0.1, -0.05) is 6.92 Å². The molecule has 4 heteroatoms. The minimum absolute atomic E-state index is 0.311. The molecule has 0 amide bonds. The van der Waals surface area contributed by atoms with Crippen molar-refractivity contribution >= 4 is 0 Å². The highest BCUT2D eigenvalue weighted by molar-refractivity contribution is 5.14. The fourth-order valence-corrected chi connectivity index (χ4v) is 3.79. The van der Waals surface area contributed by atoms with Gasteiger partial charge in [-0.2, -0.15) is 5.10 Å². The molecule has 4 nitrogen and oxygen atoms in total. The highest BCUT2D eigenvalue weighted by Crippen LogP contribution is 2.51. The maximum atomic E-state index is 6.37. The molecular formula is C13H22N4. The number of nitrogens with zero attached hydrogens (tertiary/aromatic N) is 3. The van der Waals surface area contributed by atoms with Crippen LogP contribution >= 0.6 is 0 Å². The van der Waals surface area contributed by atoms with Crippen LogP contribution in [0.5, 0.6) is 0 Å². The summed E-state index contributed by atoms with van der Waals surface area (Å²) in [7, 11) is 2.01. The van der Waals surface area contributed by atoms with Crippen molar-refractivity contribution in [3.05, 3.63) is 11.6 Å². The summed E-state index contributed by atoms with van der Waals surface area (Å²) in [5.41, 5.74) is 6.37. The van der Waals surface area contributed by atoms with Gasteiger partial charge in [-0.3, -0.25) is 4.68 Å². The summed E-state index contributed by atoms with van der Waals surface area (Å²) in [6.07, 6.45) is 6.04. The molecule has 2 fully saturated rings. The molecule has 2 N–H and O–H groups in total. The van der Waals surface area contributed by atoms with Gasteiger partial charge < -0.3 is 5.73 Å². The Morgan fingerprint density at radius 3 is 2.76 bits per heavy atom. The lowest BCUT2D eigenvalue weighted by atomic mass is 9.84. The first-order valence-corrected chi connectivity index (χ1v) is 6.86. The van der Waals surface area contributed by atoms with Crippen LogP contribution < -0.4 is 5.73 Å². The Morgan fingerprint density at radius 1 is 1.35 bits per heavy atom. The molecule has 1 aromatic heterocycles. The van der Waals surface area contributed by atoms with E-state index < -0.39 is 0 Å². The summed E-state index contributed by atoms with van der Waals surface area (Å²) in [6, 6.07) is 0.311. The van der Waals surface area contributed by atoms with E-state index >= 15 is 0 Å². The Labute approximate surface area is 103 Å². The van der Waals surface area contributed by atoms with Crippen LogP contribution in [-0.4, -0.2) is 20.8 Å². The second kappa shape index (κ2) is 4.09. The summed E-state index contributed by atoms with van der Waals surface area (Å²) >= 11 is 0. The summed E-state index contributed by atoms with van der Waals surface area (Å²) in [6.45, 7) is 2.17. The largest absolute Gasteiger partial charge is 0.327 e. The van der Waals surface area contributed by atoms with E-state index in [1.807, 2.05) is 11.7 Å². The Morgan fingerprint density at radius 2 is 2.12 bits per heavy atom. The Kier molecular flexibility index (Phi) is 2.69. The zero-order valence-electron chi connectivity index (χ0n) is 10.8. The van der Waals surface area contributed by atoms with Gasteiger partial charge in [-0.25, -0.2) is 4.98 Å². The second-order valence-electron chi connectivity index (χ2n) is 5.70. The van der Waals surface area contributed by atoms with Gasteiger partial charge in [0.2, 0.25) is 0 Å². The molecule has 0 spiro atoms. The first-order valence-electron chi connectivity index (χ1n) is 6.86. The minimum atomic E-state index is 0.311. The van der Waals surface area contributed by atoms with Crippen molar-refractivity contribution in [3.8, 4) is 0 Å². The fraction of sp³-hybridized carbons (Fsp3) is 0.846. The average Bonchev–Trinajstić information content (AvgIpc) is 2.94. The SMILES string of the molecule is CCCc1nc(C2C3CCC(C3)C2N)n(C)n1. The number of aromatic nitrogens is 3. The number of rotatable bonds is 3. The van der Waals surface area contributed by atoms with Crippen LogP contribution in [0.1, 0.15) is 50.2 Å². The highest BCUT2D eigenvalue weighted by atomic mass is 15.3. The van der Waals surface area contributed by atoms with Crippen molar-refractivity contribution in [3.63, 3.8) is 0 Å². The number of aryl methyl sites for hydroxylation is 2. The zero-order valence-corrected chi connectivity index (χ0v) is 10.8. The van der Waals surface area contributed by atoms with E-state index in [1.165, 1.54) is 19.3 Å². The molecule has 2 saturated carbocycles. The number of hydrogen-bond donors (Lipinski definition) is 1. The molecule has 0 saturated heterocycles. The lowest BCUT2D eigenvalue weighted by Crippen LogP contribution is -2.35. The van der Waals surface area contributed by atoms with Crippen LogP contribution in [0.2, 0.25) is 0 Å². The van der Waals surface area contributed by atoms with E-state index in [-0.39, 0.29) is 0 Å². The Bertz CT molecular complexity index is 410. The van der Waals surface area contributed by atoms with Crippen molar-refractivity contribution in [1.82, 2.24) is 14.8 Å². The number of nitrogens with two attached hydrogens (primary N) is 1. The van der Waals surface area contributed by atoms with E-state index in [4.69, 9.17) is 10.7 Å². The van der Waals surface area contributed by atoms with E-state index in [9.17, 15) is 0 Å². The Balaban J connectivity index is 1.88. The number of fused-ring (bicyclic) bond motifs is 2. The van der Waals surface area contributed by atoms with Gasteiger partial charge in [-0.15, -0.1) is 0 Å². The predicted molar refractivity (Wildman–Crippen MR) is 66.5 cm³/mol. The third-order valence-corrected chi connectivity index (χ3v) is 4.59. The normalized spacial score (nSPS) is 35.7. The molecule has 2 aliphatic rings. The van der Waals surface area contributed by atoms with E-state index in [0.29, 0.717) is 12.0 Å². The van der Waals surface area contributed by atoms with Gasteiger partial charge in [0.15, 0.2) is 5.82 Å². The van der Waals surface area contributed by atoms with E-state index in [1.54, 1.807) is 0 Å². The van der Waals surface area contributed by atoms with Crippen molar-refractivity contribution in [1.29, 1.82) is 0 Å². The molecule has 17 heavy (non-hydrogen) atoms. The number of hydrogen-bond acceptors (Lipinski definition) is 3. The van der Waals surface area contributed by atoms with Gasteiger partial charge in [0, 0.05) is 25.4 Å². The molecule has 1 aromatic rings. The van der Waals surface area contributed by atoms with Gasteiger partial charge >= 0.3 is 0 Å². The smallest absolute Gasteiger partial charge is 0.150 e. The summed E-state index contributed by atoms with van der Waals surface area (Å²) < 4.78 is 1.97. The van der Waals surface area contributed by atoms with Crippen LogP contribution in [-0.2, 0) is 13.5 Å². The molecule has 94 valence electrons. The molecule has 4 atom stereocenters. The van der Waals surface area contributed by atoms with Crippen LogP contribution in [0.15, 0.2) is 0 Å². The third kappa shape index (κ3) is 1.69. The monoisotopic (exact) mass is 234 g/mol. The van der Waals surface area contributed by atoms with Gasteiger partial charge in [-0.05, 0) is 37.5 Å². The Hall–Kier alpha value is -0.900. The van der Waals surface area contributed by atoms with Gasteiger partial charge in [0.1, 0.15) is 5.82 Å². The third-order valence-electron chi connectivity index (χ3n) is 4.59. The topological polar surface area (TPSA) is 56.7 Å². The first kappa shape index (κ1) is 11.2. The molecule has 3 rings (SSSR count). The summed E-state index contributed by atoms with van der Waals surface area (Å²) in [4.78, 5) is 4.72. The molecule has 0 radical (unpaired) electrons. The summed E-state index contributed by atoms with van der Waals surface area (Å²) in [5.74, 6) is 4.06. The van der Waals surface area contributed by atoms with Gasteiger partial charge in [0.05, 0.1) is 0 Å². The molecule has 4 unspecified atom stereocenters. The van der Waals surface area contributed by atoms with Crippen LogP contribution in [0.25, 0.3) is 0 Å². The maximum absolute atomic E-state index is 6.37. The maximum Gasteiger partial charge on any atom is 0.150 e. The van der Waals surface area contributed by atoms with Crippen molar-refractivity contribution in [2.45, 2.75) is 51.0 Å². The predicted octanol–water partition coefficient (Wildman–Crippen LogP) is 1.61. The summed E-state index contributed by atoms with van der Waals surface area (Å²) in [5, 5.41) is 4.51. The lowest BCUT2D eigenvalue weighted by molar-refractivity contribution is 0.346. The van der Waals surface area contributed by atoms with Crippen molar-refractivity contribution < 1.29 is 0 Å². The van der Waals surface area contributed by atoms with Crippen molar-refractivity contribution in [2.24, 2.45) is 24.6 Å². The van der Waals surface area contributed by atoms with E-state index in [2.05, 4.69) is 12.0 Å². The van der Waals surface area contributed by atoms with Crippen molar-refractivity contribution in [2.75, 3.05) is 0 Å². The second-order valence-corrected chi connectivity index (χ2v) is 5.70. The minimum Gasteiger partial charge on any atom is -0.327 e. The first-order chi connectivity index (χ1) is 8.20. The molecule has 2 aliphatic carbocycles. The molecule has 2 bridgehead atoms. The molecule has 0 aromatic carbocycles. The molecular weight excluding hydrogens is 212 g/mol. The average molecular weight is 234 g/mol. The molecule has 0 aliphatic heterocycles. The van der Waals surface area contributed by atoms with Crippen LogP contribution in [0.4, 0.5) is 0 Å².